The van der Waals surface area contributed by atoms with Crippen LogP contribution in [0.5, 0.6) is 0 Å². The molecule has 1 amide bonds. The molecular weight excluding hydrogens is 414 g/mol. The first-order valence-corrected chi connectivity index (χ1v) is 11.3. The van der Waals surface area contributed by atoms with Gasteiger partial charge in [0.1, 0.15) is 11.5 Å². The Kier molecular flexibility index (Phi) is 6.62. The van der Waals surface area contributed by atoms with E-state index >= 15 is 0 Å². The largest absolute Gasteiger partial charge is 0.383 e. The van der Waals surface area contributed by atoms with Crippen molar-refractivity contribution in [1.82, 2.24) is 14.9 Å². The number of anilines is 2. The molecule has 2 aromatic rings. The zero-order chi connectivity index (χ0) is 22.0. The number of aromatic nitrogens is 2. The third-order valence-corrected chi connectivity index (χ3v) is 6.28. The molecule has 4 rings (SSSR count). The summed E-state index contributed by atoms with van der Waals surface area (Å²) in [5.74, 6) is 1.36. The van der Waals surface area contributed by atoms with Crippen LogP contribution in [0.25, 0.3) is 0 Å². The van der Waals surface area contributed by atoms with Crippen molar-refractivity contribution in [3.63, 3.8) is 0 Å². The summed E-state index contributed by atoms with van der Waals surface area (Å²) in [6, 6.07) is 8.50. The van der Waals surface area contributed by atoms with E-state index in [0.717, 1.165) is 42.2 Å². The number of nitrogens with zero attached hydrogens (tertiary/aromatic N) is 4. The highest BCUT2D eigenvalue weighted by atomic mass is 35.5. The fourth-order valence-electron chi connectivity index (χ4n) is 4.39. The third kappa shape index (κ3) is 4.62. The summed E-state index contributed by atoms with van der Waals surface area (Å²) in [5.41, 5.74) is 2.72. The van der Waals surface area contributed by atoms with Gasteiger partial charge in [-0.2, -0.15) is 4.98 Å². The van der Waals surface area contributed by atoms with Crippen LogP contribution in [0.3, 0.4) is 0 Å². The number of carbonyl (C=O) groups is 1. The van der Waals surface area contributed by atoms with Crippen LogP contribution in [0.4, 0.5) is 11.8 Å². The second kappa shape index (κ2) is 9.40. The van der Waals surface area contributed by atoms with Gasteiger partial charge in [0.05, 0.1) is 13.2 Å². The molecule has 7 nitrogen and oxygen atoms in total. The second-order valence-corrected chi connectivity index (χ2v) is 8.90. The SMILES string of the molecule is COCCNc1nc2c(c(N3CCCC3Cc3ccc(Cl)cc3)n1)CN(C(C)C)C2=O. The Bertz CT molecular complexity index is 934. The highest BCUT2D eigenvalue weighted by Crippen LogP contribution is 2.35. The highest BCUT2D eigenvalue weighted by Gasteiger charge is 2.37. The zero-order valence-corrected chi connectivity index (χ0v) is 19.2. The van der Waals surface area contributed by atoms with Crippen molar-refractivity contribution in [3.8, 4) is 0 Å². The normalized spacial score (nSPS) is 18.2. The number of ether oxygens (including phenoxy) is 1. The van der Waals surface area contributed by atoms with E-state index < -0.39 is 0 Å². The molecular formula is C23H30ClN5O2. The molecule has 0 saturated carbocycles. The van der Waals surface area contributed by atoms with E-state index in [4.69, 9.17) is 21.3 Å². The molecule has 3 heterocycles. The Balaban J connectivity index is 1.66. The maximum atomic E-state index is 13.0. The van der Waals surface area contributed by atoms with Crippen LogP contribution in [0, 0.1) is 0 Å². The summed E-state index contributed by atoms with van der Waals surface area (Å²) >= 11 is 6.06. The van der Waals surface area contributed by atoms with Gasteiger partial charge in [-0.3, -0.25) is 4.79 Å². The number of hydrogen-bond donors (Lipinski definition) is 1. The van der Waals surface area contributed by atoms with Crippen molar-refractivity contribution in [2.75, 3.05) is 37.0 Å². The quantitative estimate of drug-likeness (QED) is 0.626. The van der Waals surface area contributed by atoms with E-state index in [1.54, 1.807) is 7.11 Å². The number of carbonyl (C=O) groups excluding carboxylic acids is 1. The number of benzene rings is 1. The van der Waals surface area contributed by atoms with Gasteiger partial charge < -0.3 is 19.9 Å². The number of hydrogen-bond acceptors (Lipinski definition) is 6. The molecule has 166 valence electrons. The van der Waals surface area contributed by atoms with Crippen LogP contribution in [0.2, 0.25) is 5.02 Å². The summed E-state index contributed by atoms with van der Waals surface area (Å²) in [5, 5.41) is 3.96. The smallest absolute Gasteiger partial charge is 0.273 e. The van der Waals surface area contributed by atoms with E-state index in [-0.39, 0.29) is 11.9 Å². The lowest BCUT2D eigenvalue weighted by Gasteiger charge is -2.28. The maximum absolute atomic E-state index is 13.0. The highest BCUT2D eigenvalue weighted by molar-refractivity contribution is 6.30. The van der Waals surface area contributed by atoms with Crippen molar-refractivity contribution < 1.29 is 9.53 Å². The predicted molar refractivity (Wildman–Crippen MR) is 123 cm³/mol. The van der Waals surface area contributed by atoms with Crippen molar-refractivity contribution in [3.05, 3.63) is 46.1 Å². The molecule has 31 heavy (non-hydrogen) atoms. The Morgan fingerprint density at radius 1 is 1.26 bits per heavy atom. The minimum atomic E-state index is -0.0168. The van der Waals surface area contributed by atoms with Crippen LogP contribution in [-0.4, -0.2) is 59.7 Å². The van der Waals surface area contributed by atoms with Crippen LogP contribution in [0.15, 0.2) is 24.3 Å². The van der Waals surface area contributed by atoms with Gasteiger partial charge in [0.15, 0.2) is 0 Å². The van der Waals surface area contributed by atoms with Gasteiger partial charge in [-0.1, -0.05) is 23.7 Å². The molecule has 1 atom stereocenters. The number of halogens is 1. The molecule has 1 aromatic carbocycles. The summed E-state index contributed by atoms with van der Waals surface area (Å²) in [4.78, 5) is 26.7. The van der Waals surface area contributed by atoms with Gasteiger partial charge in [0, 0.05) is 42.9 Å². The van der Waals surface area contributed by atoms with Crippen molar-refractivity contribution in [2.45, 2.75) is 51.7 Å². The Labute approximate surface area is 188 Å². The fourth-order valence-corrected chi connectivity index (χ4v) is 4.52. The number of fused-ring (bicyclic) bond motifs is 1. The first-order valence-electron chi connectivity index (χ1n) is 10.9. The summed E-state index contributed by atoms with van der Waals surface area (Å²) < 4.78 is 5.13. The first kappa shape index (κ1) is 21.8. The van der Waals surface area contributed by atoms with E-state index in [2.05, 4.69) is 27.3 Å². The number of rotatable bonds is 8. The summed E-state index contributed by atoms with van der Waals surface area (Å²) in [6.45, 7) is 6.69. The van der Waals surface area contributed by atoms with Crippen LogP contribution in [-0.2, 0) is 17.7 Å². The van der Waals surface area contributed by atoms with Crippen molar-refractivity contribution >= 4 is 29.3 Å². The standard InChI is InChI=1S/C23H30ClN5O2/c1-15(2)29-14-19-20(22(29)30)26-23(25-10-12-31-3)27-21(19)28-11-4-5-18(28)13-16-6-8-17(24)9-7-16/h6-9,15,18H,4-5,10-14H2,1-3H3,(H,25,26,27). The van der Waals surface area contributed by atoms with E-state index in [0.29, 0.717) is 37.4 Å². The topological polar surface area (TPSA) is 70.6 Å². The lowest BCUT2D eigenvalue weighted by atomic mass is 10.0. The van der Waals surface area contributed by atoms with Crippen molar-refractivity contribution in [2.24, 2.45) is 0 Å². The molecule has 0 bridgehead atoms. The average molecular weight is 444 g/mol. The Morgan fingerprint density at radius 3 is 2.74 bits per heavy atom. The molecule has 1 saturated heterocycles. The summed E-state index contributed by atoms with van der Waals surface area (Å²) in [7, 11) is 1.66. The van der Waals surface area contributed by atoms with Gasteiger partial charge in [0.25, 0.3) is 5.91 Å². The average Bonchev–Trinajstić information content (AvgIpc) is 3.34. The van der Waals surface area contributed by atoms with Gasteiger partial charge in [0.2, 0.25) is 5.95 Å². The van der Waals surface area contributed by atoms with Crippen LogP contribution in [0.1, 0.15) is 48.3 Å². The van der Waals surface area contributed by atoms with Gasteiger partial charge >= 0.3 is 0 Å². The molecule has 1 aromatic heterocycles. The zero-order valence-electron chi connectivity index (χ0n) is 18.4. The molecule has 2 aliphatic rings. The van der Waals surface area contributed by atoms with E-state index in [9.17, 15) is 4.79 Å². The van der Waals surface area contributed by atoms with Crippen molar-refractivity contribution in [1.29, 1.82) is 0 Å². The Hall–Kier alpha value is -2.38. The fraction of sp³-hybridized carbons (Fsp3) is 0.522. The number of methoxy groups -OCH3 is 1. The number of nitrogens with one attached hydrogen (secondary N) is 1. The minimum Gasteiger partial charge on any atom is -0.383 e. The lowest BCUT2D eigenvalue weighted by molar-refractivity contribution is 0.0726. The van der Waals surface area contributed by atoms with Crippen LogP contribution >= 0.6 is 11.6 Å². The molecule has 2 aliphatic heterocycles. The molecule has 0 radical (unpaired) electrons. The number of amides is 1. The molecule has 0 aliphatic carbocycles. The van der Waals surface area contributed by atoms with Gasteiger partial charge in [-0.05, 0) is 50.8 Å². The lowest BCUT2D eigenvalue weighted by Crippen LogP contribution is -2.33. The second-order valence-electron chi connectivity index (χ2n) is 8.46. The minimum absolute atomic E-state index is 0.0168. The third-order valence-electron chi connectivity index (χ3n) is 6.02. The predicted octanol–water partition coefficient (Wildman–Crippen LogP) is 3.76. The van der Waals surface area contributed by atoms with Gasteiger partial charge in [-0.15, -0.1) is 0 Å². The van der Waals surface area contributed by atoms with Crippen LogP contribution < -0.4 is 10.2 Å². The Morgan fingerprint density at radius 2 is 2.03 bits per heavy atom. The molecule has 8 heteroatoms. The maximum Gasteiger partial charge on any atom is 0.273 e. The monoisotopic (exact) mass is 443 g/mol. The molecule has 1 fully saturated rings. The summed E-state index contributed by atoms with van der Waals surface area (Å²) in [6.07, 6.45) is 3.12. The molecule has 0 spiro atoms. The first-order chi connectivity index (χ1) is 15.0. The van der Waals surface area contributed by atoms with Gasteiger partial charge in [-0.25, -0.2) is 4.98 Å². The van der Waals surface area contributed by atoms with E-state index in [1.807, 2.05) is 30.9 Å². The molecule has 1 unspecified atom stereocenters. The van der Waals surface area contributed by atoms with E-state index in [1.165, 1.54) is 5.56 Å². The molecule has 1 N–H and O–H groups in total.